The summed E-state index contributed by atoms with van der Waals surface area (Å²) in [7, 11) is 0. The van der Waals surface area contributed by atoms with Crippen LogP contribution in [0.5, 0.6) is 0 Å². The number of amides is 1. The van der Waals surface area contributed by atoms with E-state index in [1.54, 1.807) is 6.08 Å². The highest BCUT2D eigenvalue weighted by Gasteiger charge is 2.29. The van der Waals surface area contributed by atoms with Gasteiger partial charge in [0.1, 0.15) is 5.57 Å². The van der Waals surface area contributed by atoms with Crippen LogP contribution in [-0.4, -0.2) is 28.7 Å². The molecule has 0 spiro atoms. The first-order valence-corrected chi connectivity index (χ1v) is 4.48. The fourth-order valence-electron chi connectivity index (χ4n) is 1.24. The van der Waals surface area contributed by atoms with Crippen molar-refractivity contribution in [3.8, 4) is 0 Å². The molecule has 2 aliphatic rings. The smallest absolute Gasteiger partial charge is 0.259 e. The molecule has 1 atom stereocenters. The summed E-state index contributed by atoms with van der Waals surface area (Å²) in [4.78, 5) is 17.2. The Labute approximate surface area is 86.3 Å². The zero-order valence-corrected chi connectivity index (χ0v) is 8.07. The lowest BCUT2D eigenvalue weighted by Crippen LogP contribution is -2.43. The van der Waals surface area contributed by atoms with Crippen LogP contribution in [0.25, 0.3) is 0 Å². The van der Waals surface area contributed by atoms with Crippen LogP contribution in [-0.2, 0) is 17.4 Å². The van der Waals surface area contributed by atoms with Crippen molar-refractivity contribution in [2.45, 2.75) is 5.50 Å². The molecule has 1 amide bonds. The van der Waals surface area contributed by atoms with E-state index in [2.05, 4.69) is 21.8 Å². The van der Waals surface area contributed by atoms with Gasteiger partial charge in [0.2, 0.25) is 0 Å². The topological polar surface area (TPSA) is 57.4 Å². The summed E-state index contributed by atoms with van der Waals surface area (Å²) < 4.78 is 0. The minimum absolute atomic E-state index is 0.181. The molecule has 14 heavy (non-hydrogen) atoms. The van der Waals surface area contributed by atoms with Crippen molar-refractivity contribution in [3.63, 3.8) is 0 Å². The standard InChI is InChI=1S/C8H8N4OS/c1-2-3-12-7(13)5-4-9-11-6(5)10-8(12)14/h2,4,8,14H,1,3H2/p-1. The van der Waals surface area contributed by atoms with E-state index < -0.39 is 5.50 Å². The molecule has 2 aliphatic heterocycles. The molecule has 0 saturated heterocycles. The minimum Gasteiger partial charge on any atom is -0.744 e. The van der Waals surface area contributed by atoms with E-state index in [1.165, 1.54) is 11.1 Å². The first kappa shape index (κ1) is 9.14. The Balaban J connectivity index is 2.35. The Kier molecular flexibility index (Phi) is 2.20. The molecule has 0 aromatic carbocycles. The minimum atomic E-state index is -0.607. The van der Waals surface area contributed by atoms with Crippen LogP contribution < -0.4 is 0 Å². The molecule has 5 nitrogen and oxygen atoms in total. The second kappa shape index (κ2) is 3.38. The SMILES string of the molecule is C=CCN1C(=O)C2=CN=NC2=NC1[S-]. The number of carbonyl (C=O) groups is 1. The number of hydrogen-bond acceptors (Lipinski definition) is 5. The molecule has 6 heteroatoms. The second-order valence-corrected chi connectivity index (χ2v) is 3.21. The Morgan fingerprint density at radius 2 is 2.50 bits per heavy atom. The maximum Gasteiger partial charge on any atom is 0.259 e. The summed E-state index contributed by atoms with van der Waals surface area (Å²) in [5.41, 5.74) is -0.197. The number of carbonyl (C=O) groups excluding carboxylic acids is 1. The monoisotopic (exact) mass is 207 g/mol. The average Bonchev–Trinajstić information content (AvgIpc) is 2.60. The molecule has 2 rings (SSSR count). The van der Waals surface area contributed by atoms with Crippen molar-refractivity contribution in [1.82, 2.24) is 4.90 Å². The number of rotatable bonds is 2. The van der Waals surface area contributed by atoms with Gasteiger partial charge in [0.25, 0.3) is 5.91 Å². The van der Waals surface area contributed by atoms with E-state index in [0.717, 1.165) is 0 Å². The lowest BCUT2D eigenvalue weighted by atomic mass is 10.2. The van der Waals surface area contributed by atoms with Crippen molar-refractivity contribution in [3.05, 3.63) is 24.4 Å². The lowest BCUT2D eigenvalue weighted by molar-refractivity contribution is -0.127. The highest BCUT2D eigenvalue weighted by atomic mass is 32.1. The van der Waals surface area contributed by atoms with Crippen molar-refractivity contribution in [1.29, 1.82) is 0 Å². The van der Waals surface area contributed by atoms with Crippen molar-refractivity contribution >= 4 is 24.4 Å². The summed E-state index contributed by atoms with van der Waals surface area (Å²) >= 11 is 5.02. The van der Waals surface area contributed by atoms with E-state index >= 15 is 0 Å². The van der Waals surface area contributed by atoms with Crippen LogP contribution in [0.3, 0.4) is 0 Å². The van der Waals surface area contributed by atoms with E-state index in [4.69, 9.17) is 12.6 Å². The van der Waals surface area contributed by atoms with E-state index in [-0.39, 0.29) is 5.91 Å². The first-order chi connectivity index (χ1) is 6.74. The zero-order valence-electron chi connectivity index (χ0n) is 7.25. The summed E-state index contributed by atoms with van der Waals surface area (Å²) in [6, 6.07) is 0. The van der Waals surface area contributed by atoms with Gasteiger partial charge >= 0.3 is 0 Å². The molecule has 0 bridgehead atoms. The van der Waals surface area contributed by atoms with Crippen molar-refractivity contribution in [2.24, 2.45) is 15.2 Å². The Bertz CT molecular complexity index is 385. The number of amidine groups is 1. The van der Waals surface area contributed by atoms with Crippen LogP contribution in [0.15, 0.2) is 39.6 Å². The van der Waals surface area contributed by atoms with Crippen LogP contribution >= 0.6 is 0 Å². The third-order valence-electron chi connectivity index (χ3n) is 1.90. The molecule has 1 unspecified atom stereocenters. The largest absolute Gasteiger partial charge is 0.744 e. The maximum absolute atomic E-state index is 11.7. The van der Waals surface area contributed by atoms with Crippen molar-refractivity contribution < 1.29 is 4.79 Å². The van der Waals surface area contributed by atoms with E-state index in [0.29, 0.717) is 18.0 Å². The van der Waals surface area contributed by atoms with E-state index in [1.807, 2.05) is 0 Å². The third kappa shape index (κ3) is 1.27. The summed E-state index contributed by atoms with van der Waals surface area (Å²) in [5, 5.41) is 7.32. The average molecular weight is 207 g/mol. The van der Waals surface area contributed by atoms with Gasteiger partial charge in [0.15, 0.2) is 5.84 Å². The quantitative estimate of drug-likeness (QED) is 0.491. The molecule has 0 aliphatic carbocycles. The van der Waals surface area contributed by atoms with Gasteiger partial charge < -0.3 is 17.5 Å². The Morgan fingerprint density at radius 1 is 1.71 bits per heavy atom. The van der Waals surface area contributed by atoms with Crippen LogP contribution in [0.4, 0.5) is 0 Å². The third-order valence-corrected chi connectivity index (χ3v) is 2.26. The molecule has 2 heterocycles. The molecule has 0 aromatic rings. The number of fused-ring (bicyclic) bond motifs is 1. The van der Waals surface area contributed by atoms with Gasteiger partial charge in [-0.25, -0.2) is 0 Å². The van der Waals surface area contributed by atoms with Gasteiger partial charge in [0.05, 0.1) is 6.20 Å². The molecule has 0 aromatic heterocycles. The van der Waals surface area contributed by atoms with Gasteiger partial charge in [-0.05, 0) is 0 Å². The normalized spacial score (nSPS) is 24.5. The van der Waals surface area contributed by atoms with Gasteiger partial charge in [-0.3, -0.25) is 9.79 Å². The summed E-state index contributed by atoms with van der Waals surface area (Å²) in [5.74, 6) is 0.162. The van der Waals surface area contributed by atoms with Gasteiger partial charge in [-0.2, -0.15) is 5.11 Å². The fourth-order valence-corrected chi connectivity index (χ4v) is 1.52. The van der Waals surface area contributed by atoms with Crippen molar-refractivity contribution in [2.75, 3.05) is 6.54 Å². The van der Waals surface area contributed by atoms with Crippen LogP contribution in [0.1, 0.15) is 0 Å². The first-order valence-electron chi connectivity index (χ1n) is 4.01. The van der Waals surface area contributed by atoms with Crippen LogP contribution in [0.2, 0.25) is 0 Å². The molecule has 0 fully saturated rings. The van der Waals surface area contributed by atoms with Gasteiger partial charge in [0, 0.05) is 12.0 Å². The predicted octanol–water partition coefficient (Wildman–Crippen LogP) is 0.593. The predicted molar refractivity (Wildman–Crippen MR) is 53.4 cm³/mol. The summed E-state index contributed by atoms with van der Waals surface area (Å²) in [6.45, 7) is 3.94. The van der Waals surface area contributed by atoms with Gasteiger partial charge in [-0.15, -0.1) is 11.7 Å². The highest BCUT2D eigenvalue weighted by molar-refractivity contribution is 7.59. The molecule has 0 radical (unpaired) electrons. The summed E-state index contributed by atoms with van der Waals surface area (Å²) in [6.07, 6.45) is 3.01. The van der Waals surface area contributed by atoms with Gasteiger partial charge in [-0.1, -0.05) is 6.08 Å². The molecular weight excluding hydrogens is 200 g/mol. The van der Waals surface area contributed by atoms with Crippen LogP contribution in [0, 0.1) is 0 Å². The number of azo groups is 1. The van der Waals surface area contributed by atoms with E-state index in [9.17, 15) is 4.79 Å². The number of nitrogens with zero attached hydrogens (tertiary/aromatic N) is 4. The fraction of sp³-hybridized carbons (Fsp3) is 0.250. The zero-order chi connectivity index (χ0) is 10.1. The maximum atomic E-state index is 11.7. The highest BCUT2D eigenvalue weighted by Crippen LogP contribution is 2.20. The number of hydrogen-bond donors (Lipinski definition) is 0. The lowest BCUT2D eigenvalue weighted by Gasteiger charge is -2.36. The molecular formula is C8H7N4OS-. The molecule has 0 N–H and O–H groups in total. The Morgan fingerprint density at radius 3 is 3.21 bits per heavy atom. The molecule has 72 valence electrons. The number of aliphatic imine (C=N–C) groups is 1. The molecule has 0 saturated carbocycles. The second-order valence-electron chi connectivity index (χ2n) is 2.78. The Hall–Kier alpha value is -1.43.